The summed E-state index contributed by atoms with van der Waals surface area (Å²) in [4.78, 5) is 17.0. The minimum atomic E-state index is 0.283. The molecule has 4 heteroatoms. The van der Waals surface area contributed by atoms with E-state index in [-0.39, 0.29) is 5.78 Å². The zero-order chi connectivity index (χ0) is 12.4. The summed E-state index contributed by atoms with van der Waals surface area (Å²) in [7, 11) is 0. The molecule has 2 rings (SSSR count). The van der Waals surface area contributed by atoms with E-state index in [1.165, 1.54) is 4.88 Å². The third kappa shape index (κ3) is 3.12. The molecular weight excluding hydrogens is 250 g/mol. The highest BCUT2D eigenvalue weighted by molar-refractivity contribution is 7.99. The Morgan fingerprint density at radius 3 is 2.88 bits per heavy atom. The van der Waals surface area contributed by atoms with Crippen molar-refractivity contribution in [2.75, 3.05) is 24.6 Å². The van der Waals surface area contributed by atoms with E-state index in [9.17, 15) is 4.79 Å². The normalized spacial score (nSPS) is 21.7. The molecule has 1 aromatic rings. The summed E-state index contributed by atoms with van der Waals surface area (Å²) in [5, 5.41) is 0. The quantitative estimate of drug-likeness (QED) is 0.787. The van der Waals surface area contributed by atoms with Gasteiger partial charge in [-0.25, -0.2) is 0 Å². The number of aryl methyl sites for hydroxylation is 2. The van der Waals surface area contributed by atoms with Crippen LogP contribution in [-0.2, 0) is 0 Å². The van der Waals surface area contributed by atoms with Gasteiger partial charge in [-0.2, -0.15) is 11.8 Å². The molecule has 1 atom stereocenters. The molecule has 0 amide bonds. The monoisotopic (exact) mass is 269 g/mol. The van der Waals surface area contributed by atoms with Crippen LogP contribution in [0.1, 0.15) is 27.0 Å². The van der Waals surface area contributed by atoms with E-state index in [0.717, 1.165) is 28.5 Å². The highest BCUT2D eigenvalue weighted by Crippen LogP contribution is 2.22. The van der Waals surface area contributed by atoms with Crippen molar-refractivity contribution >= 4 is 28.9 Å². The number of nitrogens with zero attached hydrogens (tertiary/aromatic N) is 1. The first kappa shape index (κ1) is 13.1. The minimum absolute atomic E-state index is 0.283. The van der Waals surface area contributed by atoms with Crippen molar-refractivity contribution in [1.82, 2.24) is 4.90 Å². The number of thiophene rings is 1. The van der Waals surface area contributed by atoms with Crippen molar-refractivity contribution in [2.45, 2.75) is 26.8 Å². The second-order valence-electron chi connectivity index (χ2n) is 4.64. The van der Waals surface area contributed by atoms with Gasteiger partial charge in [0.05, 0.1) is 6.54 Å². The Kier molecular flexibility index (Phi) is 4.28. The predicted octanol–water partition coefficient (Wildman–Crippen LogP) is 2.98. The van der Waals surface area contributed by atoms with E-state index < -0.39 is 0 Å². The molecule has 2 heterocycles. The summed E-state index contributed by atoms with van der Waals surface area (Å²) < 4.78 is 0. The number of hydrogen-bond donors (Lipinski definition) is 0. The largest absolute Gasteiger partial charge is 0.293 e. The second-order valence-corrected chi connectivity index (χ2v) is 7.25. The van der Waals surface area contributed by atoms with Gasteiger partial charge in [-0.3, -0.25) is 9.69 Å². The smallest absolute Gasteiger partial charge is 0.177 e. The SMILES string of the molecule is Cc1cc(C(=O)CN2CCSCC2C)c(C)s1. The van der Waals surface area contributed by atoms with E-state index in [1.807, 2.05) is 24.8 Å². The topological polar surface area (TPSA) is 20.3 Å². The zero-order valence-corrected chi connectivity index (χ0v) is 12.3. The standard InChI is InChI=1S/C13H19NOS2/c1-9-8-16-5-4-14(9)7-13(15)12-6-10(2)17-11(12)3/h6,9H,4-5,7-8H2,1-3H3. The molecule has 0 saturated carbocycles. The number of hydrogen-bond acceptors (Lipinski definition) is 4. The summed E-state index contributed by atoms with van der Waals surface area (Å²) in [6, 6.07) is 2.56. The minimum Gasteiger partial charge on any atom is -0.293 e. The van der Waals surface area contributed by atoms with Crippen molar-refractivity contribution in [3.05, 3.63) is 21.4 Å². The summed E-state index contributed by atoms with van der Waals surface area (Å²) in [5.74, 6) is 2.58. The van der Waals surface area contributed by atoms with Crippen LogP contribution in [0, 0.1) is 13.8 Å². The Morgan fingerprint density at radius 2 is 2.29 bits per heavy atom. The first-order valence-electron chi connectivity index (χ1n) is 6.00. The van der Waals surface area contributed by atoms with Crippen molar-refractivity contribution < 1.29 is 4.79 Å². The summed E-state index contributed by atoms with van der Waals surface area (Å²) in [6.45, 7) is 7.94. The predicted molar refractivity (Wildman–Crippen MR) is 76.5 cm³/mol. The fourth-order valence-corrected chi connectivity index (χ4v) is 4.20. The van der Waals surface area contributed by atoms with Gasteiger partial charge in [0.15, 0.2) is 5.78 Å². The summed E-state index contributed by atoms with van der Waals surface area (Å²) in [5.41, 5.74) is 0.929. The molecule has 0 N–H and O–H groups in total. The van der Waals surface area contributed by atoms with Crippen LogP contribution in [0.4, 0.5) is 0 Å². The van der Waals surface area contributed by atoms with Gasteiger partial charge in [-0.1, -0.05) is 0 Å². The average molecular weight is 269 g/mol. The van der Waals surface area contributed by atoms with Crippen LogP contribution in [0.15, 0.2) is 6.07 Å². The number of Topliss-reactive ketones (excluding diaryl/α,β-unsaturated/α-hetero) is 1. The highest BCUT2D eigenvalue weighted by atomic mass is 32.2. The molecule has 1 saturated heterocycles. The lowest BCUT2D eigenvalue weighted by Crippen LogP contribution is -2.43. The number of carbonyl (C=O) groups excluding carboxylic acids is 1. The first-order chi connectivity index (χ1) is 8.08. The summed E-state index contributed by atoms with van der Waals surface area (Å²) in [6.07, 6.45) is 0. The van der Waals surface area contributed by atoms with Gasteiger partial charge < -0.3 is 0 Å². The van der Waals surface area contributed by atoms with Gasteiger partial charge in [0.25, 0.3) is 0 Å². The molecule has 1 aliphatic heterocycles. The van der Waals surface area contributed by atoms with E-state index >= 15 is 0 Å². The molecule has 1 unspecified atom stereocenters. The molecule has 0 aromatic carbocycles. The molecular formula is C13H19NOS2. The first-order valence-corrected chi connectivity index (χ1v) is 7.97. The Hall–Kier alpha value is -0.320. The summed E-state index contributed by atoms with van der Waals surface area (Å²) >= 11 is 3.70. The van der Waals surface area contributed by atoms with Gasteiger partial charge >= 0.3 is 0 Å². The Balaban J connectivity index is 2.03. The molecule has 94 valence electrons. The van der Waals surface area contributed by atoms with Crippen molar-refractivity contribution in [2.24, 2.45) is 0 Å². The van der Waals surface area contributed by atoms with Crippen LogP contribution < -0.4 is 0 Å². The Bertz CT molecular complexity index is 414. The van der Waals surface area contributed by atoms with Crippen LogP contribution in [0.25, 0.3) is 0 Å². The van der Waals surface area contributed by atoms with Crippen LogP contribution in [-0.4, -0.2) is 41.3 Å². The van der Waals surface area contributed by atoms with Gasteiger partial charge in [-0.15, -0.1) is 11.3 Å². The van der Waals surface area contributed by atoms with Crippen molar-refractivity contribution in [1.29, 1.82) is 0 Å². The highest BCUT2D eigenvalue weighted by Gasteiger charge is 2.22. The van der Waals surface area contributed by atoms with Gasteiger partial charge in [0.1, 0.15) is 0 Å². The maximum absolute atomic E-state index is 12.3. The molecule has 1 fully saturated rings. The Morgan fingerprint density at radius 1 is 1.53 bits per heavy atom. The number of rotatable bonds is 3. The fraction of sp³-hybridized carbons (Fsp3) is 0.615. The maximum atomic E-state index is 12.3. The van der Waals surface area contributed by atoms with E-state index in [0.29, 0.717) is 12.6 Å². The third-order valence-corrected chi connectivity index (χ3v) is 5.35. The molecule has 0 radical (unpaired) electrons. The van der Waals surface area contributed by atoms with Gasteiger partial charge in [0.2, 0.25) is 0 Å². The number of thioether (sulfide) groups is 1. The van der Waals surface area contributed by atoms with E-state index in [4.69, 9.17) is 0 Å². The molecule has 0 spiro atoms. The van der Waals surface area contributed by atoms with Crippen LogP contribution in [0.3, 0.4) is 0 Å². The second kappa shape index (κ2) is 5.55. The van der Waals surface area contributed by atoms with Crippen molar-refractivity contribution in [3.8, 4) is 0 Å². The number of ketones is 1. The third-order valence-electron chi connectivity index (χ3n) is 3.19. The average Bonchev–Trinajstić information content (AvgIpc) is 2.61. The molecule has 0 bridgehead atoms. The molecule has 2 nitrogen and oxygen atoms in total. The number of carbonyl (C=O) groups is 1. The molecule has 1 aliphatic rings. The lowest BCUT2D eigenvalue weighted by atomic mass is 10.1. The Labute approximate surface area is 111 Å². The van der Waals surface area contributed by atoms with Crippen LogP contribution >= 0.6 is 23.1 Å². The molecule has 1 aromatic heterocycles. The fourth-order valence-electron chi connectivity index (χ4n) is 2.17. The van der Waals surface area contributed by atoms with Gasteiger partial charge in [-0.05, 0) is 26.8 Å². The molecule has 0 aliphatic carbocycles. The van der Waals surface area contributed by atoms with Crippen LogP contribution in [0.2, 0.25) is 0 Å². The van der Waals surface area contributed by atoms with Crippen LogP contribution in [0.5, 0.6) is 0 Å². The zero-order valence-electron chi connectivity index (χ0n) is 10.7. The molecule has 17 heavy (non-hydrogen) atoms. The van der Waals surface area contributed by atoms with Gasteiger partial charge in [0, 0.05) is 39.4 Å². The van der Waals surface area contributed by atoms with E-state index in [2.05, 4.69) is 18.7 Å². The maximum Gasteiger partial charge on any atom is 0.177 e. The lowest BCUT2D eigenvalue weighted by Gasteiger charge is -2.32. The van der Waals surface area contributed by atoms with E-state index in [1.54, 1.807) is 11.3 Å². The van der Waals surface area contributed by atoms with Crippen molar-refractivity contribution in [3.63, 3.8) is 0 Å². The lowest BCUT2D eigenvalue weighted by molar-refractivity contribution is 0.0911.